The molecule has 0 radical (unpaired) electrons. The van der Waals surface area contributed by atoms with Crippen molar-refractivity contribution < 1.29 is 9.31 Å². The summed E-state index contributed by atoms with van der Waals surface area (Å²) in [7, 11) is 0.0230. The summed E-state index contributed by atoms with van der Waals surface area (Å²) in [6.07, 6.45) is 5.36. The van der Waals surface area contributed by atoms with Gasteiger partial charge >= 0.3 is 7.12 Å². The highest BCUT2D eigenvalue weighted by molar-refractivity contribution is 6.47. The van der Waals surface area contributed by atoms with Gasteiger partial charge in [-0.05, 0) is 61.6 Å². The molecule has 1 saturated heterocycles. The van der Waals surface area contributed by atoms with Crippen molar-refractivity contribution in [2.75, 3.05) is 0 Å². The van der Waals surface area contributed by atoms with Crippen LogP contribution in [0.25, 0.3) is 0 Å². The van der Waals surface area contributed by atoms with Gasteiger partial charge in [0.2, 0.25) is 0 Å². The van der Waals surface area contributed by atoms with E-state index in [4.69, 9.17) is 9.31 Å². The van der Waals surface area contributed by atoms with Crippen LogP contribution < -0.4 is 0 Å². The molecule has 3 rings (SSSR count). The minimum atomic E-state index is -0.0276. The SMILES string of the molecule is CC(C)CC(C)B1OC2CC3CC(CC3(C)C)C2(C)O1. The van der Waals surface area contributed by atoms with E-state index in [0.717, 1.165) is 5.92 Å². The molecule has 0 aromatic rings. The summed E-state index contributed by atoms with van der Waals surface area (Å²) < 4.78 is 12.9. The van der Waals surface area contributed by atoms with Gasteiger partial charge in [-0.25, -0.2) is 0 Å². The van der Waals surface area contributed by atoms with Gasteiger partial charge < -0.3 is 9.31 Å². The van der Waals surface area contributed by atoms with Gasteiger partial charge in [-0.3, -0.25) is 0 Å². The molecule has 0 N–H and O–H groups in total. The second-order valence-electron chi connectivity index (χ2n) is 8.96. The first-order valence-corrected chi connectivity index (χ1v) is 8.55. The Morgan fingerprint density at radius 1 is 1.10 bits per heavy atom. The van der Waals surface area contributed by atoms with Crippen LogP contribution in [0.2, 0.25) is 5.82 Å². The minimum Gasteiger partial charge on any atom is -0.405 e. The minimum absolute atomic E-state index is 0.0230. The van der Waals surface area contributed by atoms with Crippen LogP contribution in [-0.4, -0.2) is 18.8 Å². The second-order valence-corrected chi connectivity index (χ2v) is 8.96. The zero-order valence-corrected chi connectivity index (χ0v) is 14.1. The summed E-state index contributed by atoms with van der Waals surface area (Å²) in [5.41, 5.74) is 0.448. The van der Waals surface area contributed by atoms with Gasteiger partial charge in [0, 0.05) is 0 Å². The quantitative estimate of drug-likeness (QED) is 0.705. The normalized spacial score (nSPS) is 44.0. The lowest BCUT2D eigenvalue weighted by Crippen LogP contribution is -2.46. The molecule has 20 heavy (non-hydrogen) atoms. The van der Waals surface area contributed by atoms with Gasteiger partial charge in [-0.2, -0.15) is 0 Å². The first kappa shape index (κ1) is 14.9. The lowest BCUT2D eigenvalue weighted by molar-refractivity contribution is -0.0295. The summed E-state index contributed by atoms with van der Waals surface area (Å²) in [6.45, 7) is 14.0. The van der Waals surface area contributed by atoms with Crippen molar-refractivity contribution in [1.29, 1.82) is 0 Å². The molecular weight excluding hydrogens is 247 g/mol. The zero-order valence-electron chi connectivity index (χ0n) is 14.1. The smallest absolute Gasteiger partial charge is 0.405 e. The van der Waals surface area contributed by atoms with Gasteiger partial charge in [-0.1, -0.05) is 34.6 Å². The maximum absolute atomic E-state index is 6.52. The average Bonchev–Trinajstić information content (AvgIpc) is 2.78. The fourth-order valence-electron chi connectivity index (χ4n) is 5.06. The maximum Gasteiger partial charge on any atom is 0.460 e. The van der Waals surface area contributed by atoms with Gasteiger partial charge in [0.25, 0.3) is 0 Å². The predicted octanol–water partition coefficient (Wildman–Crippen LogP) is 4.54. The molecule has 3 fully saturated rings. The van der Waals surface area contributed by atoms with E-state index < -0.39 is 0 Å². The second kappa shape index (κ2) is 4.74. The summed E-state index contributed by atoms with van der Waals surface area (Å²) in [4.78, 5) is 0. The zero-order chi connectivity index (χ0) is 14.7. The van der Waals surface area contributed by atoms with Crippen LogP contribution in [0, 0.1) is 23.2 Å². The first-order valence-electron chi connectivity index (χ1n) is 8.55. The van der Waals surface area contributed by atoms with E-state index in [1.807, 2.05) is 0 Å². The molecule has 0 spiro atoms. The molecule has 3 heteroatoms. The fourth-order valence-corrected chi connectivity index (χ4v) is 5.06. The molecule has 2 nitrogen and oxygen atoms in total. The van der Waals surface area contributed by atoms with Crippen molar-refractivity contribution in [2.24, 2.45) is 23.2 Å². The average molecular weight is 278 g/mol. The van der Waals surface area contributed by atoms with Gasteiger partial charge in [-0.15, -0.1) is 0 Å². The van der Waals surface area contributed by atoms with Crippen molar-refractivity contribution in [2.45, 2.75) is 84.7 Å². The molecule has 1 heterocycles. The highest BCUT2D eigenvalue weighted by Crippen LogP contribution is 2.60. The number of hydrogen-bond acceptors (Lipinski definition) is 2. The van der Waals surface area contributed by atoms with Crippen molar-refractivity contribution in [3.63, 3.8) is 0 Å². The Kier molecular flexibility index (Phi) is 3.53. The van der Waals surface area contributed by atoms with Gasteiger partial charge in [0.1, 0.15) is 0 Å². The van der Waals surface area contributed by atoms with Crippen LogP contribution in [0.5, 0.6) is 0 Å². The Morgan fingerprint density at radius 3 is 2.45 bits per heavy atom. The van der Waals surface area contributed by atoms with Crippen molar-refractivity contribution in [3.05, 3.63) is 0 Å². The third-order valence-corrected chi connectivity index (χ3v) is 6.37. The standard InChI is InChI=1S/C17H31BO2/c1-11(2)7-12(3)18-19-15-9-13-8-14(10-16(13,4)5)17(15,6)20-18/h11-15H,7-10H2,1-6H3. The van der Waals surface area contributed by atoms with Crippen LogP contribution in [0.15, 0.2) is 0 Å². The third kappa shape index (κ3) is 2.25. The van der Waals surface area contributed by atoms with E-state index in [1.54, 1.807) is 0 Å². The summed E-state index contributed by atoms with van der Waals surface area (Å²) in [5, 5.41) is 0. The predicted molar refractivity (Wildman–Crippen MR) is 83.6 cm³/mol. The lowest BCUT2D eigenvalue weighted by atomic mass is 9.69. The van der Waals surface area contributed by atoms with Crippen LogP contribution >= 0.6 is 0 Å². The monoisotopic (exact) mass is 278 g/mol. The Balaban J connectivity index is 1.73. The van der Waals surface area contributed by atoms with E-state index in [9.17, 15) is 0 Å². The molecule has 3 aliphatic rings. The lowest BCUT2D eigenvalue weighted by Gasteiger charge is -2.40. The molecule has 0 aromatic carbocycles. The first-order chi connectivity index (χ1) is 9.22. The Labute approximate surface area is 125 Å². The van der Waals surface area contributed by atoms with E-state index in [2.05, 4.69) is 41.5 Å². The number of rotatable bonds is 3. The molecule has 0 aromatic heterocycles. The van der Waals surface area contributed by atoms with Crippen LogP contribution in [0.1, 0.15) is 67.2 Å². The van der Waals surface area contributed by atoms with Gasteiger partial charge in [0.05, 0.1) is 11.7 Å². The van der Waals surface area contributed by atoms with Gasteiger partial charge in [0.15, 0.2) is 0 Å². The number of hydrogen-bond donors (Lipinski definition) is 0. The van der Waals surface area contributed by atoms with Crippen molar-refractivity contribution in [1.82, 2.24) is 0 Å². The van der Waals surface area contributed by atoms with Crippen LogP contribution in [0.3, 0.4) is 0 Å². The van der Waals surface area contributed by atoms with Crippen molar-refractivity contribution in [3.8, 4) is 0 Å². The van der Waals surface area contributed by atoms with Crippen LogP contribution in [-0.2, 0) is 9.31 Å². The Morgan fingerprint density at radius 2 is 1.80 bits per heavy atom. The molecule has 114 valence electrons. The Bertz CT molecular complexity index is 381. The largest absolute Gasteiger partial charge is 0.460 e. The van der Waals surface area contributed by atoms with E-state index in [0.29, 0.717) is 29.2 Å². The molecule has 0 amide bonds. The van der Waals surface area contributed by atoms with E-state index in [1.165, 1.54) is 25.7 Å². The molecule has 2 saturated carbocycles. The summed E-state index contributed by atoms with van der Waals surface area (Å²) in [6, 6.07) is 0. The fraction of sp³-hybridized carbons (Fsp3) is 1.00. The maximum atomic E-state index is 6.52. The molecule has 2 aliphatic carbocycles. The number of fused-ring (bicyclic) bond motifs is 4. The highest BCUT2D eigenvalue weighted by atomic mass is 16.7. The van der Waals surface area contributed by atoms with E-state index in [-0.39, 0.29) is 12.7 Å². The highest BCUT2D eigenvalue weighted by Gasteiger charge is 2.62. The van der Waals surface area contributed by atoms with Crippen LogP contribution in [0.4, 0.5) is 0 Å². The molecule has 1 aliphatic heterocycles. The van der Waals surface area contributed by atoms with Crippen molar-refractivity contribution >= 4 is 7.12 Å². The molecule has 5 unspecified atom stereocenters. The molecule has 5 atom stereocenters. The Hall–Kier alpha value is -0.0151. The molecular formula is C17H31BO2. The summed E-state index contributed by atoms with van der Waals surface area (Å²) >= 11 is 0. The third-order valence-electron chi connectivity index (χ3n) is 6.37. The topological polar surface area (TPSA) is 18.5 Å². The summed E-state index contributed by atoms with van der Waals surface area (Å²) in [5.74, 6) is 2.73. The van der Waals surface area contributed by atoms with E-state index >= 15 is 0 Å². The molecule has 2 bridgehead atoms.